The largest absolute Gasteiger partial charge is 1.00 e. The van der Waals surface area contributed by atoms with Crippen molar-refractivity contribution in [2.45, 2.75) is 52.4 Å². The first kappa shape index (κ1) is 16.7. The summed E-state index contributed by atoms with van der Waals surface area (Å²) in [6, 6.07) is 5.98. The molecule has 1 aromatic carbocycles. The first-order valence-corrected chi connectivity index (χ1v) is 6.07. The summed E-state index contributed by atoms with van der Waals surface area (Å²) in [4.78, 5) is 0. The van der Waals surface area contributed by atoms with Crippen LogP contribution >= 0.6 is 0 Å². The van der Waals surface area contributed by atoms with Crippen LogP contribution in [-0.2, 0) is 12.8 Å². The Kier molecular flexibility index (Phi) is 10.1. The number of rotatable bonds is 6. The molecule has 0 unspecified atom stereocenters. The molecule has 1 aromatic rings. The second kappa shape index (κ2) is 9.66. The first-order valence-electron chi connectivity index (χ1n) is 6.07. The van der Waals surface area contributed by atoms with Gasteiger partial charge in [0.1, 0.15) is 0 Å². The second-order valence-electron chi connectivity index (χ2n) is 4.11. The van der Waals surface area contributed by atoms with Crippen molar-refractivity contribution in [3.63, 3.8) is 0 Å². The summed E-state index contributed by atoms with van der Waals surface area (Å²) < 4.78 is 0. The van der Waals surface area contributed by atoms with Gasteiger partial charge in [0.25, 0.3) is 0 Å². The maximum Gasteiger partial charge on any atom is 1.00 e. The summed E-state index contributed by atoms with van der Waals surface area (Å²) in [6.07, 6.45) is 6.42. The van der Waals surface area contributed by atoms with Crippen LogP contribution in [0.4, 0.5) is 0 Å². The summed E-state index contributed by atoms with van der Waals surface area (Å²) in [5.41, 5.74) is 2.01. The van der Waals surface area contributed by atoms with Crippen LogP contribution in [0.1, 0.15) is 50.7 Å². The normalized spacial score (nSPS) is 9.88. The Morgan fingerprint density at radius 1 is 0.938 bits per heavy atom. The molecule has 0 saturated heterocycles. The van der Waals surface area contributed by atoms with Gasteiger partial charge < -0.3 is 5.11 Å². The van der Waals surface area contributed by atoms with Gasteiger partial charge in [0.05, 0.1) is 0 Å². The predicted octanol–water partition coefficient (Wildman–Crippen LogP) is 0.449. The van der Waals surface area contributed by atoms with Gasteiger partial charge in [-0.15, -0.1) is 5.75 Å². The average Bonchev–Trinajstić information content (AvgIpc) is 2.26. The third-order valence-corrected chi connectivity index (χ3v) is 2.78. The quantitative estimate of drug-likeness (QED) is 0.666. The fraction of sp³-hybridized carbons (Fsp3) is 0.571. The van der Waals surface area contributed by atoms with Crippen LogP contribution in [0.25, 0.3) is 0 Å². The Hall–Kier alpha value is 0.656. The fourth-order valence-electron chi connectivity index (χ4n) is 1.77. The van der Waals surface area contributed by atoms with E-state index in [0.717, 1.165) is 49.7 Å². The van der Waals surface area contributed by atoms with E-state index >= 15 is 0 Å². The molecule has 0 aromatic heterocycles. The third-order valence-electron chi connectivity index (χ3n) is 2.78. The molecule has 0 amide bonds. The molecule has 0 fully saturated rings. The van der Waals surface area contributed by atoms with Crippen molar-refractivity contribution >= 4 is 0 Å². The molecule has 2 heteroatoms. The Labute approximate surface area is 142 Å². The van der Waals surface area contributed by atoms with Crippen LogP contribution in [0.2, 0.25) is 0 Å². The van der Waals surface area contributed by atoms with Gasteiger partial charge in [0.2, 0.25) is 0 Å². The molecule has 84 valence electrons. The maximum absolute atomic E-state index is 12.0. The molecule has 0 aliphatic heterocycles. The minimum absolute atomic E-state index is 0. The van der Waals surface area contributed by atoms with E-state index < -0.39 is 0 Å². The van der Waals surface area contributed by atoms with E-state index in [9.17, 15) is 5.11 Å². The van der Waals surface area contributed by atoms with Gasteiger partial charge in [-0.1, -0.05) is 56.0 Å². The molecule has 0 bridgehead atoms. The number of benzene rings is 1. The van der Waals surface area contributed by atoms with Crippen molar-refractivity contribution in [1.82, 2.24) is 0 Å². The number of hydrogen-bond acceptors (Lipinski definition) is 1. The molecule has 1 rings (SSSR count). The van der Waals surface area contributed by atoms with E-state index in [-0.39, 0.29) is 51.4 Å². The van der Waals surface area contributed by atoms with Crippen molar-refractivity contribution in [2.24, 2.45) is 0 Å². The number of unbranched alkanes of at least 4 members (excludes halogenated alkanes) is 2. The van der Waals surface area contributed by atoms with Gasteiger partial charge in [-0.25, -0.2) is 0 Å². The molecule has 0 aliphatic carbocycles. The van der Waals surface area contributed by atoms with Gasteiger partial charge in [-0.2, -0.15) is 0 Å². The van der Waals surface area contributed by atoms with Crippen LogP contribution in [0.5, 0.6) is 5.75 Å². The van der Waals surface area contributed by atoms with Gasteiger partial charge in [0, 0.05) is 0 Å². The zero-order valence-electron chi connectivity index (χ0n) is 10.9. The SMILES string of the molecule is CCCCc1cccc(CCCC)c1[O-].[K+]. The molecular weight excluding hydrogens is 223 g/mol. The minimum Gasteiger partial charge on any atom is -0.872 e. The van der Waals surface area contributed by atoms with E-state index in [0.29, 0.717) is 5.75 Å². The predicted molar refractivity (Wildman–Crippen MR) is 63.1 cm³/mol. The summed E-state index contributed by atoms with van der Waals surface area (Å²) >= 11 is 0. The Morgan fingerprint density at radius 2 is 1.38 bits per heavy atom. The average molecular weight is 244 g/mol. The van der Waals surface area contributed by atoms with E-state index in [1.165, 1.54) is 0 Å². The summed E-state index contributed by atoms with van der Waals surface area (Å²) in [5, 5.41) is 12.0. The van der Waals surface area contributed by atoms with Crippen molar-refractivity contribution in [2.75, 3.05) is 0 Å². The van der Waals surface area contributed by atoms with Crippen molar-refractivity contribution in [3.8, 4) is 5.75 Å². The Bertz CT molecular complexity index is 271. The molecular formula is C14H21KO. The van der Waals surface area contributed by atoms with Gasteiger partial charge in [-0.3, -0.25) is 0 Å². The van der Waals surface area contributed by atoms with Gasteiger partial charge in [-0.05, 0) is 25.7 Å². The molecule has 0 atom stereocenters. The van der Waals surface area contributed by atoms with E-state index in [1.54, 1.807) is 0 Å². The van der Waals surface area contributed by atoms with E-state index in [2.05, 4.69) is 13.8 Å². The van der Waals surface area contributed by atoms with Gasteiger partial charge in [0.15, 0.2) is 0 Å². The fourth-order valence-corrected chi connectivity index (χ4v) is 1.77. The molecule has 0 spiro atoms. The summed E-state index contributed by atoms with van der Waals surface area (Å²) in [5.74, 6) is 0.291. The molecule has 0 heterocycles. The maximum atomic E-state index is 12.0. The topological polar surface area (TPSA) is 23.1 Å². The van der Waals surface area contributed by atoms with E-state index in [4.69, 9.17) is 0 Å². The zero-order chi connectivity index (χ0) is 11.1. The molecule has 0 N–H and O–H groups in total. The van der Waals surface area contributed by atoms with Crippen molar-refractivity contribution < 1.29 is 56.5 Å². The monoisotopic (exact) mass is 244 g/mol. The third kappa shape index (κ3) is 5.32. The molecule has 1 nitrogen and oxygen atoms in total. The zero-order valence-corrected chi connectivity index (χ0v) is 14.0. The number of hydrogen-bond donors (Lipinski definition) is 0. The summed E-state index contributed by atoms with van der Waals surface area (Å²) in [6.45, 7) is 4.32. The Morgan fingerprint density at radius 3 is 1.75 bits per heavy atom. The van der Waals surface area contributed by atoms with Crippen LogP contribution < -0.4 is 56.5 Å². The Balaban J connectivity index is 0.00000225. The first-order chi connectivity index (χ1) is 7.29. The smallest absolute Gasteiger partial charge is 0.872 e. The molecule has 0 saturated carbocycles. The van der Waals surface area contributed by atoms with E-state index in [1.807, 2.05) is 18.2 Å². The minimum atomic E-state index is 0. The van der Waals surface area contributed by atoms with Crippen molar-refractivity contribution in [1.29, 1.82) is 0 Å². The second-order valence-corrected chi connectivity index (χ2v) is 4.11. The number of aryl methyl sites for hydroxylation is 2. The van der Waals surface area contributed by atoms with Crippen LogP contribution in [0.3, 0.4) is 0 Å². The molecule has 0 aliphatic rings. The van der Waals surface area contributed by atoms with Crippen LogP contribution in [-0.4, -0.2) is 0 Å². The number of para-hydroxylation sites is 1. The van der Waals surface area contributed by atoms with Crippen LogP contribution in [0, 0.1) is 0 Å². The van der Waals surface area contributed by atoms with Crippen molar-refractivity contribution in [3.05, 3.63) is 29.3 Å². The molecule has 16 heavy (non-hydrogen) atoms. The van der Waals surface area contributed by atoms with Crippen LogP contribution in [0.15, 0.2) is 18.2 Å². The standard InChI is InChI=1S/C14H22O.K/c1-3-5-8-12-10-7-11-13(14(12)15)9-6-4-2;/h7,10-11,15H,3-6,8-9H2,1-2H3;/q;+1/p-1. The molecule has 0 radical (unpaired) electrons. The summed E-state index contributed by atoms with van der Waals surface area (Å²) in [7, 11) is 0. The van der Waals surface area contributed by atoms with Gasteiger partial charge >= 0.3 is 51.4 Å².